The summed E-state index contributed by atoms with van der Waals surface area (Å²) in [5.41, 5.74) is 3.00. The monoisotopic (exact) mass is 235 g/mol. The molecule has 0 aromatic carbocycles. The normalized spacial score (nSPS) is 20.5. The fourth-order valence-corrected chi connectivity index (χ4v) is 2.66. The summed E-state index contributed by atoms with van der Waals surface area (Å²) in [4.78, 5) is 18.4. The van der Waals surface area contributed by atoms with Crippen molar-refractivity contribution in [1.29, 1.82) is 0 Å². The van der Waals surface area contributed by atoms with E-state index in [1.54, 1.807) is 0 Å². The van der Waals surface area contributed by atoms with Crippen LogP contribution in [0, 0.1) is 5.92 Å². The Bertz CT molecular complexity index is 463. The summed E-state index contributed by atoms with van der Waals surface area (Å²) in [6.45, 7) is 3.27. The highest BCUT2D eigenvalue weighted by molar-refractivity contribution is 5.28. The van der Waals surface area contributed by atoms with Crippen molar-refractivity contribution in [1.82, 2.24) is 15.3 Å². The van der Waals surface area contributed by atoms with Gasteiger partial charge in [-0.15, -0.1) is 0 Å². The van der Waals surface area contributed by atoms with Crippen LogP contribution in [0.25, 0.3) is 0 Å². The molecule has 92 valence electrons. The molecule has 0 unspecified atom stereocenters. The molecule has 0 aliphatic carbocycles. The van der Waals surface area contributed by atoms with Gasteiger partial charge in [-0.2, -0.15) is 4.98 Å². The molecule has 0 atom stereocenters. The predicted octanol–water partition coefficient (Wildman–Crippen LogP) is 0.342. The van der Waals surface area contributed by atoms with E-state index in [-0.39, 0.29) is 5.69 Å². The molecular weight excluding hydrogens is 218 g/mol. The van der Waals surface area contributed by atoms with Gasteiger partial charge in [0, 0.05) is 37.6 Å². The van der Waals surface area contributed by atoms with E-state index >= 15 is 0 Å². The Balaban J connectivity index is 1.84. The highest BCUT2D eigenvalue weighted by Crippen LogP contribution is 2.22. The van der Waals surface area contributed by atoms with E-state index in [0.717, 1.165) is 57.0 Å². The molecule has 2 aliphatic heterocycles. The SMILES string of the molecule is O=c1nc(CC2CCOCC2)c2c([nH]1)CNC2. The molecule has 3 rings (SSSR count). The Labute approximate surface area is 99.6 Å². The van der Waals surface area contributed by atoms with Crippen LogP contribution in [0.5, 0.6) is 0 Å². The molecule has 17 heavy (non-hydrogen) atoms. The van der Waals surface area contributed by atoms with Gasteiger partial charge in [-0.05, 0) is 25.2 Å². The van der Waals surface area contributed by atoms with E-state index in [1.165, 1.54) is 5.56 Å². The maximum atomic E-state index is 11.5. The number of hydrogen-bond acceptors (Lipinski definition) is 4. The third-order valence-corrected chi connectivity index (χ3v) is 3.63. The molecule has 0 saturated carbocycles. The lowest BCUT2D eigenvalue weighted by atomic mass is 9.93. The van der Waals surface area contributed by atoms with Crippen LogP contribution in [0.2, 0.25) is 0 Å². The first-order valence-corrected chi connectivity index (χ1v) is 6.22. The molecule has 3 heterocycles. The first-order valence-electron chi connectivity index (χ1n) is 6.22. The van der Waals surface area contributed by atoms with E-state index in [1.807, 2.05) is 0 Å². The summed E-state index contributed by atoms with van der Waals surface area (Å²) in [5.74, 6) is 0.614. The van der Waals surface area contributed by atoms with Gasteiger partial charge in [0.15, 0.2) is 0 Å². The van der Waals surface area contributed by atoms with Gasteiger partial charge in [-0.1, -0.05) is 0 Å². The Morgan fingerprint density at radius 2 is 2.12 bits per heavy atom. The van der Waals surface area contributed by atoms with Crippen molar-refractivity contribution in [3.8, 4) is 0 Å². The largest absolute Gasteiger partial charge is 0.381 e. The number of aromatic nitrogens is 2. The third kappa shape index (κ3) is 2.25. The second-order valence-corrected chi connectivity index (χ2v) is 4.81. The second kappa shape index (κ2) is 4.58. The predicted molar refractivity (Wildman–Crippen MR) is 62.6 cm³/mol. The van der Waals surface area contributed by atoms with Gasteiger partial charge in [-0.25, -0.2) is 4.79 Å². The topological polar surface area (TPSA) is 67.0 Å². The summed E-state index contributed by atoms with van der Waals surface area (Å²) in [6.07, 6.45) is 3.07. The zero-order valence-corrected chi connectivity index (χ0v) is 9.79. The van der Waals surface area contributed by atoms with Gasteiger partial charge in [0.05, 0.1) is 5.69 Å². The minimum absolute atomic E-state index is 0.213. The van der Waals surface area contributed by atoms with Gasteiger partial charge in [0.2, 0.25) is 0 Å². The number of nitrogens with zero attached hydrogens (tertiary/aromatic N) is 1. The molecule has 0 amide bonds. The van der Waals surface area contributed by atoms with Crippen molar-refractivity contribution in [3.05, 3.63) is 27.4 Å². The van der Waals surface area contributed by atoms with Crippen LogP contribution in [0.3, 0.4) is 0 Å². The van der Waals surface area contributed by atoms with Crippen LogP contribution in [-0.4, -0.2) is 23.2 Å². The lowest BCUT2D eigenvalue weighted by Crippen LogP contribution is -2.22. The number of H-pyrrole nitrogens is 1. The summed E-state index contributed by atoms with van der Waals surface area (Å²) >= 11 is 0. The van der Waals surface area contributed by atoms with E-state index in [2.05, 4.69) is 15.3 Å². The van der Waals surface area contributed by atoms with Crippen molar-refractivity contribution >= 4 is 0 Å². The van der Waals surface area contributed by atoms with Gasteiger partial charge in [-0.3, -0.25) is 0 Å². The van der Waals surface area contributed by atoms with Crippen LogP contribution in [-0.2, 0) is 24.2 Å². The molecular formula is C12H17N3O2. The smallest absolute Gasteiger partial charge is 0.345 e. The van der Waals surface area contributed by atoms with E-state index < -0.39 is 0 Å². The molecule has 0 bridgehead atoms. The number of aromatic amines is 1. The van der Waals surface area contributed by atoms with Crippen molar-refractivity contribution < 1.29 is 4.74 Å². The maximum Gasteiger partial charge on any atom is 0.345 e. The van der Waals surface area contributed by atoms with Crippen molar-refractivity contribution in [2.75, 3.05) is 13.2 Å². The van der Waals surface area contributed by atoms with Gasteiger partial charge < -0.3 is 15.0 Å². The van der Waals surface area contributed by atoms with Crippen molar-refractivity contribution in [2.24, 2.45) is 5.92 Å². The van der Waals surface area contributed by atoms with Gasteiger partial charge in [0.25, 0.3) is 0 Å². The minimum Gasteiger partial charge on any atom is -0.381 e. The van der Waals surface area contributed by atoms with Crippen LogP contribution in [0.4, 0.5) is 0 Å². The number of nitrogens with one attached hydrogen (secondary N) is 2. The average molecular weight is 235 g/mol. The van der Waals surface area contributed by atoms with E-state index in [4.69, 9.17) is 4.74 Å². The Hall–Kier alpha value is -1.20. The third-order valence-electron chi connectivity index (χ3n) is 3.63. The molecule has 1 aromatic heterocycles. The van der Waals surface area contributed by atoms with E-state index in [0.29, 0.717) is 5.92 Å². The molecule has 0 radical (unpaired) electrons. The van der Waals surface area contributed by atoms with Crippen molar-refractivity contribution in [3.63, 3.8) is 0 Å². The first kappa shape index (κ1) is 10.9. The van der Waals surface area contributed by atoms with Crippen LogP contribution < -0.4 is 11.0 Å². The number of hydrogen-bond donors (Lipinski definition) is 2. The fraction of sp³-hybridized carbons (Fsp3) is 0.667. The van der Waals surface area contributed by atoms with Crippen LogP contribution in [0.1, 0.15) is 29.8 Å². The van der Waals surface area contributed by atoms with E-state index in [9.17, 15) is 4.79 Å². The molecule has 2 aliphatic rings. The fourth-order valence-electron chi connectivity index (χ4n) is 2.66. The molecule has 0 spiro atoms. The van der Waals surface area contributed by atoms with Gasteiger partial charge >= 0.3 is 5.69 Å². The summed E-state index contributed by atoms with van der Waals surface area (Å²) in [7, 11) is 0. The average Bonchev–Trinajstić information content (AvgIpc) is 2.78. The molecule has 1 saturated heterocycles. The molecule has 2 N–H and O–H groups in total. The number of ether oxygens (including phenoxy) is 1. The Morgan fingerprint density at radius 1 is 1.29 bits per heavy atom. The highest BCUT2D eigenvalue weighted by atomic mass is 16.5. The summed E-state index contributed by atoms with van der Waals surface area (Å²) in [6, 6.07) is 0. The Morgan fingerprint density at radius 3 is 2.94 bits per heavy atom. The number of rotatable bonds is 2. The lowest BCUT2D eigenvalue weighted by molar-refractivity contribution is 0.0662. The quantitative estimate of drug-likeness (QED) is 0.776. The Kier molecular flexibility index (Phi) is 2.94. The zero-order chi connectivity index (χ0) is 11.7. The zero-order valence-electron chi connectivity index (χ0n) is 9.79. The number of fused-ring (bicyclic) bond motifs is 1. The molecule has 5 nitrogen and oxygen atoms in total. The highest BCUT2D eigenvalue weighted by Gasteiger charge is 2.21. The summed E-state index contributed by atoms with van der Waals surface area (Å²) < 4.78 is 5.35. The van der Waals surface area contributed by atoms with Crippen molar-refractivity contribution in [2.45, 2.75) is 32.4 Å². The van der Waals surface area contributed by atoms with Gasteiger partial charge in [0.1, 0.15) is 0 Å². The lowest BCUT2D eigenvalue weighted by Gasteiger charge is -2.22. The maximum absolute atomic E-state index is 11.5. The molecule has 5 heteroatoms. The van der Waals surface area contributed by atoms with Crippen LogP contribution in [0.15, 0.2) is 4.79 Å². The standard InChI is InChI=1S/C12H17N3O2/c16-12-14-10(5-8-1-3-17-4-2-8)9-6-13-7-11(9)15-12/h8,13H,1-7H2,(H,14,15,16). The first-order chi connectivity index (χ1) is 8.33. The summed E-state index contributed by atoms with van der Waals surface area (Å²) in [5, 5.41) is 3.26. The van der Waals surface area contributed by atoms with Crippen LogP contribution >= 0.6 is 0 Å². The molecule has 1 fully saturated rings. The second-order valence-electron chi connectivity index (χ2n) is 4.81. The minimum atomic E-state index is -0.213. The molecule has 1 aromatic rings.